The van der Waals surface area contributed by atoms with E-state index in [1.165, 1.54) is 12.1 Å². The molecule has 6 nitrogen and oxygen atoms in total. The summed E-state index contributed by atoms with van der Waals surface area (Å²) in [5.74, 6) is 0.356. The zero-order chi connectivity index (χ0) is 22.3. The van der Waals surface area contributed by atoms with E-state index in [1.54, 1.807) is 18.2 Å². The zero-order valence-corrected chi connectivity index (χ0v) is 17.5. The van der Waals surface area contributed by atoms with Gasteiger partial charge >= 0.3 is 6.03 Å². The van der Waals surface area contributed by atoms with Gasteiger partial charge in [0.25, 0.3) is 0 Å². The SMILES string of the molecule is O=C(NCc1ccc(CN2CCCC2=O)cc1)Nc1c(F)cccc1Oc1ccccc1. The summed E-state index contributed by atoms with van der Waals surface area (Å²) >= 11 is 0. The molecule has 4 rings (SSSR count). The lowest BCUT2D eigenvalue weighted by Gasteiger charge is -2.16. The van der Waals surface area contributed by atoms with Crippen molar-refractivity contribution in [3.05, 3.63) is 89.7 Å². The first-order chi connectivity index (χ1) is 15.6. The Morgan fingerprint density at radius 1 is 0.969 bits per heavy atom. The largest absolute Gasteiger partial charge is 0.455 e. The Hall–Kier alpha value is -3.87. The van der Waals surface area contributed by atoms with Crippen molar-refractivity contribution >= 4 is 17.6 Å². The van der Waals surface area contributed by atoms with Crippen LogP contribution in [0.5, 0.6) is 11.5 Å². The van der Waals surface area contributed by atoms with Crippen LogP contribution in [0.2, 0.25) is 0 Å². The van der Waals surface area contributed by atoms with Crippen LogP contribution in [0, 0.1) is 5.82 Å². The van der Waals surface area contributed by atoms with Gasteiger partial charge in [-0.2, -0.15) is 0 Å². The van der Waals surface area contributed by atoms with E-state index in [9.17, 15) is 14.0 Å². The molecule has 0 saturated carbocycles. The van der Waals surface area contributed by atoms with Crippen molar-refractivity contribution < 1.29 is 18.7 Å². The quantitative estimate of drug-likeness (QED) is 0.547. The van der Waals surface area contributed by atoms with E-state index < -0.39 is 11.8 Å². The smallest absolute Gasteiger partial charge is 0.319 e. The van der Waals surface area contributed by atoms with Gasteiger partial charge in [0.1, 0.15) is 11.4 Å². The Balaban J connectivity index is 1.33. The average molecular weight is 433 g/mol. The number of carbonyl (C=O) groups is 2. The van der Waals surface area contributed by atoms with E-state index in [-0.39, 0.29) is 23.9 Å². The number of carbonyl (C=O) groups excluding carboxylic acids is 2. The van der Waals surface area contributed by atoms with Crippen LogP contribution in [-0.2, 0) is 17.9 Å². The lowest BCUT2D eigenvalue weighted by atomic mass is 10.1. The number of anilines is 1. The first-order valence-corrected chi connectivity index (χ1v) is 10.5. The summed E-state index contributed by atoms with van der Waals surface area (Å²) in [6.45, 7) is 1.68. The Kier molecular flexibility index (Phi) is 6.65. The number of rotatable bonds is 7. The number of halogens is 1. The van der Waals surface area contributed by atoms with Gasteiger partial charge in [0.15, 0.2) is 11.6 Å². The molecule has 1 aliphatic rings. The zero-order valence-electron chi connectivity index (χ0n) is 17.5. The van der Waals surface area contributed by atoms with Crippen molar-refractivity contribution in [2.75, 3.05) is 11.9 Å². The van der Waals surface area contributed by atoms with Crippen LogP contribution in [0.4, 0.5) is 14.9 Å². The van der Waals surface area contributed by atoms with Gasteiger partial charge in [-0.25, -0.2) is 9.18 Å². The molecule has 3 aromatic rings. The molecular weight excluding hydrogens is 409 g/mol. The average Bonchev–Trinajstić information content (AvgIpc) is 3.20. The van der Waals surface area contributed by atoms with Crippen LogP contribution in [0.1, 0.15) is 24.0 Å². The molecule has 0 atom stereocenters. The molecular formula is C25H24FN3O3. The number of ether oxygens (including phenoxy) is 1. The maximum atomic E-state index is 14.4. The third-order valence-electron chi connectivity index (χ3n) is 5.21. The van der Waals surface area contributed by atoms with E-state index in [4.69, 9.17) is 4.74 Å². The summed E-state index contributed by atoms with van der Waals surface area (Å²) < 4.78 is 20.1. The number of urea groups is 1. The highest BCUT2D eigenvalue weighted by atomic mass is 19.1. The van der Waals surface area contributed by atoms with Crippen LogP contribution in [0.3, 0.4) is 0 Å². The molecule has 1 saturated heterocycles. The Morgan fingerprint density at radius 3 is 2.44 bits per heavy atom. The van der Waals surface area contributed by atoms with Crippen LogP contribution in [-0.4, -0.2) is 23.4 Å². The first-order valence-electron chi connectivity index (χ1n) is 10.5. The molecule has 0 spiro atoms. The number of amides is 3. The van der Waals surface area contributed by atoms with E-state index in [0.29, 0.717) is 18.7 Å². The molecule has 7 heteroatoms. The van der Waals surface area contributed by atoms with Gasteiger partial charge in [0.2, 0.25) is 5.91 Å². The fourth-order valence-electron chi connectivity index (χ4n) is 3.52. The highest BCUT2D eigenvalue weighted by Gasteiger charge is 2.20. The standard InChI is InChI=1S/C25H24FN3O3/c26-21-8-4-9-22(32-20-6-2-1-3-7-20)24(21)28-25(31)27-16-18-11-13-19(14-12-18)17-29-15-5-10-23(29)30/h1-4,6-9,11-14H,5,10,15-17H2,(H2,27,28,31). The Labute approximate surface area is 186 Å². The second-order valence-electron chi connectivity index (χ2n) is 7.57. The lowest BCUT2D eigenvalue weighted by Crippen LogP contribution is -2.28. The van der Waals surface area contributed by atoms with Gasteiger partial charge in [-0.05, 0) is 41.8 Å². The van der Waals surface area contributed by atoms with E-state index in [0.717, 1.165) is 24.1 Å². The van der Waals surface area contributed by atoms with Gasteiger partial charge in [-0.1, -0.05) is 48.5 Å². The highest BCUT2D eigenvalue weighted by Crippen LogP contribution is 2.31. The van der Waals surface area contributed by atoms with Gasteiger partial charge < -0.3 is 20.3 Å². The summed E-state index contributed by atoms with van der Waals surface area (Å²) in [5, 5.41) is 5.27. The lowest BCUT2D eigenvalue weighted by molar-refractivity contribution is -0.128. The normalized spacial score (nSPS) is 13.2. The predicted octanol–water partition coefficient (Wildman–Crippen LogP) is 5.06. The van der Waals surface area contributed by atoms with Crippen molar-refractivity contribution in [1.82, 2.24) is 10.2 Å². The van der Waals surface area contributed by atoms with E-state index in [2.05, 4.69) is 10.6 Å². The van der Waals surface area contributed by atoms with Gasteiger partial charge in [0, 0.05) is 26.1 Å². The number of nitrogens with one attached hydrogen (secondary N) is 2. The van der Waals surface area contributed by atoms with Crippen LogP contribution in [0.15, 0.2) is 72.8 Å². The Bertz CT molecular complexity index is 1090. The molecule has 164 valence electrons. The van der Waals surface area contributed by atoms with E-state index in [1.807, 2.05) is 47.4 Å². The highest BCUT2D eigenvalue weighted by molar-refractivity contribution is 5.91. The third-order valence-corrected chi connectivity index (χ3v) is 5.21. The van der Waals surface area contributed by atoms with Crippen molar-refractivity contribution in [1.29, 1.82) is 0 Å². The molecule has 0 bridgehead atoms. The number of nitrogens with zero attached hydrogens (tertiary/aromatic N) is 1. The Morgan fingerprint density at radius 2 is 1.72 bits per heavy atom. The van der Waals surface area contributed by atoms with Crippen molar-refractivity contribution in [3.63, 3.8) is 0 Å². The molecule has 32 heavy (non-hydrogen) atoms. The molecule has 3 aromatic carbocycles. The first kappa shape index (κ1) is 21.4. The second kappa shape index (κ2) is 9.96. The van der Waals surface area contributed by atoms with Crippen LogP contribution in [0.25, 0.3) is 0 Å². The van der Waals surface area contributed by atoms with Crippen molar-refractivity contribution in [2.24, 2.45) is 0 Å². The van der Waals surface area contributed by atoms with Crippen LogP contribution >= 0.6 is 0 Å². The topological polar surface area (TPSA) is 70.7 Å². The molecule has 1 heterocycles. The number of para-hydroxylation sites is 2. The minimum absolute atomic E-state index is 0.0283. The van der Waals surface area contributed by atoms with Crippen molar-refractivity contribution in [2.45, 2.75) is 25.9 Å². The maximum absolute atomic E-state index is 14.4. The molecule has 0 radical (unpaired) electrons. The molecule has 0 aliphatic carbocycles. The fourth-order valence-corrected chi connectivity index (χ4v) is 3.52. The summed E-state index contributed by atoms with van der Waals surface area (Å²) in [7, 11) is 0. The molecule has 0 unspecified atom stereocenters. The number of hydrogen-bond donors (Lipinski definition) is 2. The monoisotopic (exact) mass is 433 g/mol. The van der Waals surface area contributed by atoms with Gasteiger partial charge in [0.05, 0.1) is 0 Å². The van der Waals surface area contributed by atoms with Crippen LogP contribution < -0.4 is 15.4 Å². The summed E-state index contributed by atoms with van der Waals surface area (Å²) in [5.41, 5.74) is 1.91. The van der Waals surface area contributed by atoms with Gasteiger partial charge in [-0.15, -0.1) is 0 Å². The summed E-state index contributed by atoms with van der Waals surface area (Å²) in [6, 6.07) is 20.5. The summed E-state index contributed by atoms with van der Waals surface area (Å²) in [4.78, 5) is 26.0. The van der Waals surface area contributed by atoms with Gasteiger partial charge in [-0.3, -0.25) is 4.79 Å². The van der Waals surface area contributed by atoms with Crippen molar-refractivity contribution in [3.8, 4) is 11.5 Å². The minimum atomic E-state index is -0.589. The molecule has 1 aliphatic heterocycles. The number of likely N-dealkylation sites (tertiary alicyclic amines) is 1. The minimum Gasteiger partial charge on any atom is -0.455 e. The second-order valence-corrected chi connectivity index (χ2v) is 7.57. The predicted molar refractivity (Wildman–Crippen MR) is 120 cm³/mol. The molecule has 2 N–H and O–H groups in total. The maximum Gasteiger partial charge on any atom is 0.319 e. The molecule has 1 fully saturated rings. The molecule has 0 aromatic heterocycles. The van der Waals surface area contributed by atoms with E-state index >= 15 is 0 Å². The third kappa shape index (κ3) is 5.43. The summed E-state index contributed by atoms with van der Waals surface area (Å²) in [6.07, 6.45) is 1.54. The fraction of sp³-hybridized carbons (Fsp3) is 0.200. The number of hydrogen-bond acceptors (Lipinski definition) is 3. The number of benzene rings is 3. The molecule has 3 amide bonds.